The van der Waals surface area contributed by atoms with Gasteiger partial charge in [-0.2, -0.15) is 65.9 Å². The predicted molar refractivity (Wildman–Crippen MR) is 135 cm³/mol. The monoisotopic (exact) mass is 694 g/mol. The second-order valence-corrected chi connectivity index (χ2v) is 10.5. The number of ether oxygens (including phenoxy) is 1. The van der Waals surface area contributed by atoms with Crippen LogP contribution in [0.15, 0.2) is 36.7 Å². The first-order chi connectivity index (χ1) is 21.0. The van der Waals surface area contributed by atoms with Crippen LogP contribution in [0.4, 0.5) is 65.9 Å². The molecule has 0 radical (unpaired) electrons. The molecular weight excluding hydrogens is 665 g/mol. The van der Waals surface area contributed by atoms with Gasteiger partial charge >= 0.3 is 41.7 Å². The number of nitrogens with zero attached hydrogens (tertiary/aromatic N) is 2. The summed E-state index contributed by atoms with van der Waals surface area (Å²) in [6, 6.07) is 3.82. The van der Waals surface area contributed by atoms with Crippen molar-refractivity contribution in [2.45, 2.75) is 106 Å². The number of rotatable bonds is 18. The molecule has 46 heavy (non-hydrogen) atoms. The molecule has 2 rings (SSSR count). The lowest BCUT2D eigenvalue weighted by Gasteiger charge is -2.41. The summed E-state index contributed by atoms with van der Waals surface area (Å²) >= 11 is 0. The molecule has 0 aliphatic rings. The fourth-order valence-corrected chi connectivity index (χ4v) is 4.06. The van der Waals surface area contributed by atoms with Crippen molar-refractivity contribution in [1.82, 2.24) is 9.97 Å². The van der Waals surface area contributed by atoms with E-state index in [2.05, 4.69) is 21.6 Å². The number of aromatic nitrogens is 2. The van der Waals surface area contributed by atoms with E-state index in [-0.39, 0.29) is 11.4 Å². The van der Waals surface area contributed by atoms with Gasteiger partial charge in [-0.25, -0.2) is 9.97 Å². The van der Waals surface area contributed by atoms with Gasteiger partial charge in [0.1, 0.15) is 5.75 Å². The zero-order valence-electron chi connectivity index (χ0n) is 24.0. The summed E-state index contributed by atoms with van der Waals surface area (Å²) in [5.41, 5.74) is 1.04. The average Bonchev–Trinajstić information content (AvgIpc) is 2.97. The van der Waals surface area contributed by atoms with Gasteiger partial charge in [-0.3, -0.25) is 0 Å². The van der Waals surface area contributed by atoms with E-state index in [9.17, 15) is 65.9 Å². The number of halogens is 15. The Morgan fingerprint density at radius 1 is 0.543 bits per heavy atom. The van der Waals surface area contributed by atoms with Gasteiger partial charge in [-0.15, -0.1) is 0 Å². The molecule has 0 aliphatic carbocycles. The SMILES string of the molecule is CCCCCCCCCCc1cnc(-c2ccc(OCC(F)(F)C(F)(F)C(F)(F)C(F)(F)C(F)(F)C(F)(F)C(F)(F)F)cc2)nc1. The Bertz CT molecular complexity index is 1230. The molecule has 262 valence electrons. The lowest BCUT2D eigenvalue weighted by atomic mass is 9.91. The molecule has 0 saturated carbocycles. The molecule has 18 heteroatoms. The Hall–Kier alpha value is -2.95. The summed E-state index contributed by atoms with van der Waals surface area (Å²) < 4.78 is 204. The minimum atomic E-state index is -8.34. The molecule has 3 nitrogen and oxygen atoms in total. The van der Waals surface area contributed by atoms with Crippen LogP contribution in [0, 0.1) is 0 Å². The number of benzene rings is 1. The second-order valence-electron chi connectivity index (χ2n) is 10.5. The smallest absolute Gasteiger partial charge is 0.460 e. The third-order valence-electron chi connectivity index (χ3n) is 6.95. The summed E-state index contributed by atoms with van der Waals surface area (Å²) in [6.45, 7) is -0.775. The zero-order valence-corrected chi connectivity index (χ0v) is 24.0. The van der Waals surface area contributed by atoms with Crippen LogP contribution in [-0.2, 0) is 6.42 Å². The van der Waals surface area contributed by atoms with E-state index in [1.165, 1.54) is 31.7 Å². The second kappa shape index (κ2) is 14.4. The average molecular weight is 695 g/mol. The highest BCUT2D eigenvalue weighted by atomic mass is 19.4. The summed E-state index contributed by atoms with van der Waals surface area (Å²) in [6.07, 6.45) is 5.01. The predicted octanol–water partition coefficient (Wildman–Crippen LogP) is 10.6. The van der Waals surface area contributed by atoms with Crippen molar-refractivity contribution in [2.75, 3.05) is 6.61 Å². The minimum Gasteiger partial charge on any atom is -0.487 e. The van der Waals surface area contributed by atoms with Gasteiger partial charge in [0, 0.05) is 18.0 Å². The molecule has 0 saturated heterocycles. The summed E-state index contributed by atoms with van der Waals surface area (Å²) in [5, 5.41) is 0. The molecule has 0 unspecified atom stereocenters. The Morgan fingerprint density at radius 2 is 0.978 bits per heavy atom. The molecule has 0 spiro atoms. The summed E-state index contributed by atoms with van der Waals surface area (Å²) in [5.74, 6) is -47.6. The highest BCUT2D eigenvalue weighted by Crippen LogP contribution is 2.62. The van der Waals surface area contributed by atoms with E-state index in [1.807, 2.05) is 0 Å². The maximum atomic E-state index is 14.0. The van der Waals surface area contributed by atoms with Crippen LogP contribution in [-0.4, -0.2) is 58.3 Å². The molecular formula is C28H29F15N2O. The number of unbranched alkanes of at least 4 members (excludes halogenated alkanes) is 7. The minimum absolute atomic E-state index is 0.113. The van der Waals surface area contributed by atoms with Crippen molar-refractivity contribution in [2.24, 2.45) is 0 Å². The fraction of sp³-hybridized carbons (Fsp3) is 0.643. The van der Waals surface area contributed by atoms with Gasteiger partial charge in [-0.05, 0) is 42.7 Å². The van der Waals surface area contributed by atoms with Crippen LogP contribution < -0.4 is 4.74 Å². The van der Waals surface area contributed by atoms with E-state index in [4.69, 9.17) is 0 Å². The van der Waals surface area contributed by atoms with Crippen LogP contribution in [0.25, 0.3) is 11.4 Å². The Labute approximate surface area is 253 Å². The van der Waals surface area contributed by atoms with E-state index in [0.29, 0.717) is 6.42 Å². The summed E-state index contributed by atoms with van der Waals surface area (Å²) in [4.78, 5) is 8.27. The standard InChI is InChI=1S/C28H29F15N2O/c1-2-3-4-5-6-7-8-9-10-18-15-44-21(45-16-18)19-11-13-20(14-12-19)46-17-22(29,30)23(31,32)24(33,34)25(35,36)26(37,38)27(39,40)28(41,42)43/h11-16H,2-10,17H2,1H3. The molecule has 1 aromatic heterocycles. The lowest BCUT2D eigenvalue weighted by Crippen LogP contribution is -2.73. The third-order valence-corrected chi connectivity index (χ3v) is 6.95. The highest BCUT2D eigenvalue weighted by molar-refractivity contribution is 5.55. The van der Waals surface area contributed by atoms with Gasteiger partial charge in [0.05, 0.1) is 0 Å². The van der Waals surface area contributed by atoms with Crippen molar-refractivity contribution in [3.63, 3.8) is 0 Å². The summed E-state index contributed by atoms with van der Waals surface area (Å²) in [7, 11) is 0. The normalized spacial score (nSPS) is 14.1. The number of hydrogen-bond acceptors (Lipinski definition) is 3. The number of hydrogen-bond donors (Lipinski definition) is 0. The molecule has 0 amide bonds. The number of aryl methyl sites for hydroxylation is 1. The van der Waals surface area contributed by atoms with Gasteiger partial charge in [0.15, 0.2) is 12.4 Å². The Balaban J connectivity index is 2.06. The van der Waals surface area contributed by atoms with E-state index in [1.54, 1.807) is 0 Å². The van der Waals surface area contributed by atoms with Crippen molar-refractivity contribution in [3.05, 3.63) is 42.2 Å². The first kappa shape index (κ1) is 39.2. The van der Waals surface area contributed by atoms with Gasteiger partial charge in [-0.1, -0.05) is 51.9 Å². The molecule has 0 aliphatic heterocycles. The first-order valence-electron chi connectivity index (χ1n) is 13.9. The molecule has 0 atom stereocenters. The van der Waals surface area contributed by atoms with E-state index in [0.717, 1.165) is 61.9 Å². The first-order valence-corrected chi connectivity index (χ1v) is 13.9. The largest absolute Gasteiger partial charge is 0.487 e. The molecule has 1 aromatic carbocycles. The van der Waals surface area contributed by atoms with Crippen LogP contribution in [0.5, 0.6) is 5.75 Å². The van der Waals surface area contributed by atoms with Gasteiger partial charge in [0.25, 0.3) is 0 Å². The van der Waals surface area contributed by atoms with Gasteiger partial charge in [0.2, 0.25) is 0 Å². The van der Waals surface area contributed by atoms with Gasteiger partial charge < -0.3 is 4.74 Å². The van der Waals surface area contributed by atoms with Crippen molar-refractivity contribution in [1.29, 1.82) is 0 Å². The maximum absolute atomic E-state index is 14.0. The van der Waals surface area contributed by atoms with Crippen LogP contribution in [0.3, 0.4) is 0 Å². The molecule has 1 heterocycles. The van der Waals surface area contributed by atoms with Crippen LogP contribution >= 0.6 is 0 Å². The van der Waals surface area contributed by atoms with E-state index < -0.39 is 54.1 Å². The van der Waals surface area contributed by atoms with Crippen molar-refractivity contribution in [3.8, 4) is 17.1 Å². The van der Waals surface area contributed by atoms with Crippen LogP contribution in [0.2, 0.25) is 0 Å². The molecule has 0 bridgehead atoms. The maximum Gasteiger partial charge on any atom is 0.460 e. The molecule has 0 N–H and O–H groups in total. The molecule has 2 aromatic rings. The van der Waals surface area contributed by atoms with E-state index >= 15 is 0 Å². The Morgan fingerprint density at radius 3 is 1.46 bits per heavy atom. The highest BCUT2D eigenvalue weighted by Gasteiger charge is 2.93. The topological polar surface area (TPSA) is 35.0 Å². The van der Waals surface area contributed by atoms with Crippen molar-refractivity contribution >= 4 is 0 Å². The van der Waals surface area contributed by atoms with Crippen molar-refractivity contribution < 1.29 is 70.6 Å². The van der Waals surface area contributed by atoms with Crippen LogP contribution in [0.1, 0.15) is 63.9 Å². The molecule has 0 fully saturated rings. The number of alkyl halides is 15. The zero-order chi connectivity index (χ0) is 35.2. The fourth-order valence-electron chi connectivity index (χ4n) is 4.06. The lowest BCUT2D eigenvalue weighted by molar-refractivity contribution is -0.453. The third kappa shape index (κ3) is 7.94. The Kier molecular flexibility index (Phi) is 12.3. The quantitative estimate of drug-likeness (QED) is 0.115.